The lowest BCUT2D eigenvalue weighted by Gasteiger charge is -2.06. The monoisotopic (exact) mass is 370 g/mol. The Morgan fingerprint density at radius 2 is 1.82 bits per heavy atom. The highest BCUT2D eigenvalue weighted by Gasteiger charge is 2.25. The van der Waals surface area contributed by atoms with E-state index in [9.17, 15) is 4.79 Å². The molecule has 5 rings (SSSR count). The minimum Gasteiger partial charge on any atom is -0.361 e. The first-order valence-electron chi connectivity index (χ1n) is 9.85. The summed E-state index contributed by atoms with van der Waals surface area (Å²) in [5, 5.41) is 8.86. The van der Waals surface area contributed by atoms with E-state index in [1.54, 1.807) is 0 Å². The van der Waals surface area contributed by atoms with Crippen molar-refractivity contribution < 1.29 is 4.79 Å². The highest BCUT2D eigenvalue weighted by atomic mass is 16.2. The molecule has 2 N–H and O–H groups in total. The van der Waals surface area contributed by atoms with Crippen molar-refractivity contribution in [2.45, 2.75) is 32.1 Å². The zero-order valence-electron chi connectivity index (χ0n) is 15.6. The van der Waals surface area contributed by atoms with Gasteiger partial charge in [-0.1, -0.05) is 30.7 Å². The van der Waals surface area contributed by atoms with E-state index in [4.69, 9.17) is 5.10 Å². The molecule has 4 aromatic rings. The summed E-state index contributed by atoms with van der Waals surface area (Å²) in [6.45, 7) is 0. The number of hydrogen-bond acceptors (Lipinski definition) is 2. The molecule has 1 amide bonds. The second kappa shape index (κ2) is 7.00. The molecule has 0 fully saturated rings. The summed E-state index contributed by atoms with van der Waals surface area (Å²) in [5.74, 6) is -0.137. The number of carbonyl (C=O) groups is 1. The van der Waals surface area contributed by atoms with E-state index < -0.39 is 0 Å². The largest absolute Gasteiger partial charge is 0.361 e. The van der Waals surface area contributed by atoms with Crippen molar-refractivity contribution in [3.8, 4) is 5.69 Å². The van der Waals surface area contributed by atoms with Gasteiger partial charge in [-0.15, -0.1) is 0 Å². The van der Waals surface area contributed by atoms with Gasteiger partial charge in [0, 0.05) is 28.4 Å². The van der Waals surface area contributed by atoms with Crippen molar-refractivity contribution in [1.29, 1.82) is 0 Å². The zero-order valence-corrected chi connectivity index (χ0v) is 15.6. The van der Waals surface area contributed by atoms with Gasteiger partial charge in [0.25, 0.3) is 5.91 Å². The summed E-state index contributed by atoms with van der Waals surface area (Å²) in [4.78, 5) is 16.4. The molecular formula is C23H22N4O. The van der Waals surface area contributed by atoms with Crippen LogP contribution in [0.1, 0.15) is 41.0 Å². The van der Waals surface area contributed by atoms with Crippen LogP contribution in [0.4, 0.5) is 5.69 Å². The van der Waals surface area contributed by atoms with E-state index >= 15 is 0 Å². The molecule has 5 nitrogen and oxygen atoms in total. The number of benzene rings is 2. The lowest BCUT2D eigenvalue weighted by Crippen LogP contribution is -2.15. The molecule has 0 saturated carbocycles. The van der Waals surface area contributed by atoms with Gasteiger partial charge >= 0.3 is 0 Å². The first-order chi connectivity index (χ1) is 13.8. The van der Waals surface area contributed by atoms with Crippen LogP contribution in [0.5, 0.6) is 0 Å². The molecule has 28 heavy (non-hydrogen) atoms. The number of aromatic amines is 1. The number of anilines is 1. The standard InChI is InChI=1S/C23H22N4O/c28-23(25-20-12-7-11-19-17(20)14-15-24-19)22-18-10-5-2-6-13-21(18)27(26-22)16-8-3-1-4-9-16/h1,3-4,7-9,11-12,14-15,24H,2,5-6,10,13H2,(H,25,28). The number of fused-ring (bicyclic) bond motifs is 2. The molecule has 0 unspecified atom stereocenters. The van der Waals surface area contributed by atoms with Crippen LogP contribution in [0.25, 0.3) is 16.6 Å². The molecule has 140 valence electrons. The molecule has 0 saturated heterocycles. The Labute approximate surface area is 163 Å². The summed E-state index contributed by atoms with van der Waals surface area (Å²) < 4.78 is 1.96. The van der Waals surface area contributed by atoms with Crippen molar-refractivity contribution in [1.82, 2.24) is 14.8 Å². The average Bonchev–Trinajstić information content (AvgIpc) is 3.27. The minimum atomic E-state index is -0.137. The van der Waals surface area contributed by atoms with Crippen LogP contribution in [0.15, 0.2) is 60.8 Å². The molecular weight excluding hydrogens is 348 g/mol. The van der Waals surface area contributed by atoms with Crippen molar-refractivity contribution in [2.75, 3.05) is 5.32 Å². The van der Waals surface area contributed by atoms with Crippen LogP contribution in [0.2, 0.25) is 0 Å². The molecule has 0 atom stereocenters. The third-order valence-electron chi connectivity index (χ3n) is 5.49. The number of para-hydroxylation sites is 1. The van der Waals surface area contributed by atoms with Crippen molar-refractivity contribution >= 4 is 22.5 Å². The molecule has 0 aliphatic heterocycles. The smallest absolute Gasteiger partial charge is 0.276 e. The van der Waals surface area contributed by atoms with Crippen molar-refractivity contribution in [3.63, 3.8) is 0 Å². The molecule has 2 aromatic carbocycles. The molecule has 2 aromatic heterocycles. The topological polar surface area (TPSA) is 62.7 Å². The Bertz CT molecular complexity index is 1140. The Morgan fingerprint density at radius 3 is 2.71 bits per heavy atom. The first kappa shape index (κ1) is 16.8. The number of hydrogen-bond donors (Lipinski definition) is 2. The van der Waals surface area contributed by atoms with Gasteiger partial charge in [-0.25, -0.2) is 4.68 Å². The Morgan fingerprint density at radius 1 is 0.964 bits per heavy atom. The van der Waals surface area contributed by atoms with Crippen LogP contribution in [-0.2, 0) is 12.8 Å². The second-order valence-electron chi connectivity index (χ2n) is 7.28. The minimum absolute atomic E-state index is 0.137. The van der Waals surface area contributed by atoms with Crippen LogP contribution in [0.3, 0.4) is 0 Å². The predicted octanol–water partition coefficient (Wildman–Crippen LogP) is 4.87. The van der Waals surface area contributed by atoms with E-state index in [1.807, 2.05) is 65.5 Å². The first-order valence-corrected chi connectivity index (χ1v) is 9.85. The number of H-pyrrole nitrogens is 1. The van der Waals surface area contributed by atoms with Gasteiger partial charge in [-0.3, -0.25) is 4.79 Å². The predicted molar refractivity (Wildman–Crippen MR) is 111 cm³/mol. The summed E-state index contributed by atoms with van der Waals surface area (Å²) in [7, 11) is 0. The number of carbonyl (C=O) groups excluding carboxylic acids is 1. The fourth-order valence-electron chi connectivity index (χ4n) is 4.12. The van der Waals surface area contributed by atoms with Gasteiger partial charge in [0.05, 0.1) is 11.4 Å². The number of nitrogens with zero attached hydrogens (tertiary/aromatic N) is 2. The quantitative estimate of drug-likeness (QED) is 0.505. The highest BCUT2D eigenvalue weighted by molar-refractivity contribution is 6.08. The Hall–Kier alpha value is -3.34. The third-order valence-corrected chi connectivity index (χ3v) is 5.49. The van der Waals surface area contributed by atoms with Gasteiger partial charge in [0.1, 0.15) is 0 Å². The summed E-state index contributed by atoms with van der Waals surface area (Å²) >= 11 is 0. The van der Waals surface area contributed by atoms with E-state index in [2.05, 4.69) is 10.3 Å². The van der Waals surface area contributed by atoms with E-state index in [0.29, 0.717) is 5.69 Å². The van der Waals surface area contributed by atoms with Crippen LogP contribution >= 0.6 is 0 Å². The lowest BCUT2D eigenvalue weighted by molar-refractivity contribution is 0.102. The fraction of sp³-hybridized carbons (Fsp3) is 0.217. The molecule has 5 heteroatoms. The van der Waals surface area contributed by atoms with Crippen molar-refractivity contribution in [2.24, 2.45) is 0 Å². The van der Waals surface area contributed by atoms with E-state index in [0.717, 1.165) is 53.5 Å². The normalized spacial score (nSPS) is 13.9. The van der Waals surface area contributed by atoms with Crippen LogP contribution < -0.4 is 5.32 Å². The molecule has 0 spiro atoms. The third kappa shape index (κ3) is 2.89. The summed E-state index contributed by atoms with van der Waals surface area (Å²) in [6, 6.07) is 17.9. The van der Waals surface area contributed by atoms with Gasteiger partial charge in [0.2, 0.25) is 0 Å². The van der Waals surface area contributed by atoms with Gasteiger partial charge in [-0.2, -0.15) is 5.10 Å². The highest BCUT2D eigenvalue weighted by Crippen LogP contribution is 2.28. The number of nitrogens with one attached hydrogen (secondary N) is 2. The van der Waals surface area contributed by atoms with Gasteiger partial charge in [0.15, 0.2) is 5.69 Å². The average molecular weight is 370 g/mol. The van der Waals surface area contributed by atoms with Gasteiger partial charge < -0.3 is 10.3 Å². The summed E-state index contributed by atoms with van der Waals surface area (Å²) in [5.41, 5.74) is 5.64. The van der Waals surface area contributed by atoms with Crippen molar-refractivity contribution in [3.05, 3.63) is 77.7 Å². The summed E-state index contributed by atoms with van der Waals surface area (Å²) in [6.07, 6.45) is 7.16. The van der Waals surface area contributed by atoms with E-state index in [1.165, 1.54) is 12.1 Å². The molecule has 0 bridgehead atoms. The lowest BCUT2D eigenvalue weighted by atomic mass is 10.1. The Balaban J connectivity index is 1.56. The Kier molecular flexibility index (Phi) is 4.20. The van der Waals surface area contributed by atoms with Gasteiger partial charge in [-0.05, 0) is 56.0 Å². The maximum atomic E-state index is 13.2. The fourth-order valence-corrected chi connectivity index (χ4v) is 4.12. The van der Waals surface area contributed by atoms with Crippen LogP contribution in [0, 0.1) is 0 Å². The molecule has 1 aliphatic carbocycles. The van der Waals surface area contributed by atoms with Crippen LogP contribution in [-0.4, -0.2) is 20.7 Å². The second-order valence-corrected chi connectivity index (χ2v) is 7.28. The molecule has 0 radical (unpaired) electrons. The number of amides is 1. The number of rotatable bonds is 3. The maximum Gasteiger partial charge on any atom is 0.276 e. The molecule has 1 aliphatic rings. The number of aromatic nitrogens is 3. The SMILES string of the molecule is O=C(Nc1cccc2[nH]ccc12)c1nn(-c2ccccc2)c2c1CCCCC2. The molecule has 2 heterocycles. The van der Waals surface area contributed by atoms with E-state index in [-0.39, 0.29) is 5.91 Å². The maximum absolute atomic E-state index is 13.2. The zero-order chi connectivity index (χ0) is 18.9.